The Morgan fingerprint density at radius 2 is 2.29 bits per heavy atom. The summed E-state index contributed by atoms with van der Waals surface area (Å²) in [7, 11) is 0. The monoisotopic (exact) mass is 237 g/mol. The molecule has 0 spiro atoms. The second-order valence-electron chi connectivity index (χ2n) is 5.05. The molecule has 3 N–H and O–H groups in total. The maximum atomic E-state index is 11.5. The van der Waals surface area contributed by atoms with Crippen LogP contribution in [0.15, 0.2) is 11.8 Å². The van der Waals surface area contributed by atoms with E-state index in [-0.39, 0.29) is 23.9 Å². The first-order valence-electron chi connectivity index (χ1n) is 6.08. The highest BCUT2D eigenvalue weighted by Gasteiger charge is 2.37. The molecule has 17 heavy (non-hydrogen) atoms. The van der Waals surface area contributed by atoms with Gasteiger partial charge in [-0.05, 0) is 18.8 Å². The molecule has 2 heterocycles. The average Bonchev–Trinajstić information content (AvgIpc) is 2.82. The van der Waals surface area contributed by atoms with E-state index in [1.807, 2.05) is 4.90 Å². The van der Waals surface area contributed by atoms with Crippen LogP contribution in [0.4, 0.5) is 0 Å². The van der Waals surface area contributed by atoms with Gasteiger partial charge in [-0.25, -0.2) is 0 Å². The number of rotatable bonds is 3. The summed E-state index contributed by atoms with van der Waals surface area (Å²) in [5, 5.41) is 2.91. The van der Waals surface area contributed by atoms with Gasteiger partial charge in [0.2, 0.25) is 11.8 Å². The van der Waals surface area contributed by atoms with E-state index in [0.29, 0.717) is 5.92 Å². The van der Waals surface area contributed by atoms with Crippen LogP contribution in [-0.2, 0) is 9.59 Å². The van der Waals surface area contributed by atoms with E-state index in [2.05, 4.69) is 19.2 Å². The molecule has 0 aromatic carbocycles. The van der Waals surface area contributed by atoms with Crippen LogP contribution in [0, 0.1) is 5.92 Å². The van der Waals surface area contributed by atoms with Crippen LogP contribution in [0.5, 0.6) is 0 Å². The second kappa shape index (κ2) is 4.39. The third kappa shape index (κ3) is 2.14. The number of nitrogens with two attached hydrogens (primary N) is 1. The molecule has 2 atom stereocenters. The van der Waals surface area contributed by atoms with Gasteiger partial charge in [0.05, 0.1) is 6.04 Å². The quantitative estimate of drug-likeness (QED) is 0.724. The molecular formula is C12H19N3O2. The molecule has 2 amide bonds. The Morgan fingerprint density at radius 1 is 1.59 bits per heavy atom. The molecule has 0 bridgehead atoms. The molecule has 1 saturated heterocycles. The van der Waals surface area contributed by atoms with Gasteiger partial charge in [-0.3, -0.25) is 9.59 Å². The lowest BCUT2D eigenvalue weighted by Crippen LogP contribution is -2.45. The molecule has 0 radical (unpaired) electrons. The van der Waals surface area contributed by atoms with Crippen LogP contribution >= 0.6 is 0 Å². The number of hydrogen-bond donors (Lipinski definition) is 2. The van der Waals surface area contributed by atoms with Crippen LogP contribution < -0.4 is 11.1 Å². The highest BCUT2D eigenvalue weighted by Crippen LogP contribution is 2.28. The fraction of sp³-hybridized carbons (Fsp3) is 0.667. The number of hydrogen-bond acceptors (Lipinski definition) is 3. The van der Waals surface area contributed by atoms with Crippen molar-refractivity contribution in [1.29, 1.82) is 0 Å². The highest BCUT2D eigenvalue weighted by atomic mass is 16.2. The number of nitrogens with zero attached hydrogens (tertiary/aromatic N) is 1. The molecule has 94 valence electrons. The summed E-state index contributed by atoms with van der Waals surface area (Å²) >= 11 is 0. The molecule has 2 aliphatic heterocycles. The lowest BCUT2D eigenvalue weighted by Gasteiger charge is -2.31. The van der Waals surface area contributed by atoms with Gasteiger partial charge in [-0.2, -0.15) is 0 Å². The minimum atomic E-state index is -0.301. The van der Waals surface area contributed by atoms with Gasteiger partial charge in [0, 0.05) is 18.3 Å². The maximum Gasteiger partial charge on any atom is 0.246 e. The molecule has 0 saturated carbocycles. The first-order chi connectivity index (χ1) is 8.00. The summed E-state index contributed by atoms with van der Waals surface area (Å²) in [5.41, 5.74) is 6.32. The van der Waals surface area contributed by atoms with Crippen LogP contribution in [0.25, 0.3) is 0 Å². The number of likely N-dealkylation sites (tertiary alicyclic amines) is 1. The topological polar surface area (TPSA) is 75.4 Å². The standard InChI is InChI=1S/C12H19N3O2/c1-7(2)11-9(6-10(16)14-11)15-5-3-4-8(15)12(13)17/h6-8,11H,3-5H2,1-2H3,(H2,13,17)(H,14,16)/t8-,11-/m0/s1. The first-order valence-corrected chi connectivity index (χ1v) is 6.08. The second-order valence-corrected chi connectivity index (χ2v) is 5.05. The molecular weight excluding hydrogens is 218 g/mol. The largest absolute Gasteiger partial charge is 0.368 e. The lowest BCUT2D eigenvalue weighted by atomic mass is 10.0. The van der Waals surface area contributed by atoms with Gasteiger partial charge in [0.25, 0.3) is 0 Å². The lowest BCUT2D eigenvalue weighted by molar-refractivity contribution is -0.121. The number of nitrogens with one attached hydrogen (secondary N) is 1. The number of amides is 2. The fourth-order valence-electron chi connectivity index (χ4n) is 2.63. The van der Waals surface area contributed by atoms with E-state index in [1.54, 1.807) is 6.08 Å². The minimum Gasteiger partial charge on any atom is -0.368 e. The van der Waals surface area contributed by atoms with Crippen LogP contribution in [0.1, 0.15) is 26.7 Å². The Kier molecular flexibility index (Phi) is 3.09. The number of primary amides is 1. The minimum absolute atomic E-state index is 0.00227. The third-order valence-electron chi connectivity index (χ3n) is 3.47. The third-order valence-corrected chi connectivity index (χ3v) is 3.47. The molecule has 1 fully saturated rings. The molecule has 5 nitrogen and oxygen atoms in total. The van der Waals surface area contributed by atoms with E-state index in [4.69, 9.17) is 5.73 Å². The summed E-state index contributed by atoms with van der Waals surface area (Å²) < 4.78 is 0. The summed E-state index contributed by atoms with van der Waals surface area (Å²) in [4.78, 5) is 24.8. The van der Waals surface area contributed by atoms with E-state index < -0.39 is 0 Å². The van der Waals surface area contributed by atoms with Gasteiger partial charge in [-0.1, -0.05) is 13.8 Å². The molecule has 0 aromatic rings. The van der Waals surface area contributed by atoms with Crippen molar-refractivity contribution < 1.29 is 9.59 Å². The van der Waals surface area contributed by atoms with Crippen LogP contribution in [0.3, 0.4) is 0 Å². The number of carbonyl (C=O) groups is 2. The highest BCUT2D eigenvalue weighted by molar-refractivity contribution is 5.92. The van der Waals surface area contributed by atoms with E-state index in [1.165, 1.54) is 0 Å². The molecule has 0 aromatic heterocycles. The zero-order chi connectivity index (χ0) is 12.6. The Bertz CT molecular complexity index is 376. The molecule has 5 heteroatoms. The van der Waals surface area contributed by atoms with Gasteiger partial charge in [0.15, 0.2) is 0 Å². The van der Waals surface area contributed by atoms with Gasteiger partial charge >= 0.3 is 0 Å². The van der Waals surface area contributed by atoms with Crippen LogP contribution in [0.2, 0.25) is 0 Å². The van der Waals surface area contributed by atoms with Gasteiger partial charge in [0.1, 0.15) is 6.04 Å². The zero-order valence-corrected chi connectivity index (χ0v) is 10.3. The van der Waals surface area contributed by atoms with Crippen LogP contribution in [-0.4, -0.2) is 35.3 Å². The average molecular weight is 237 g/mol. The normalized spacial score (nSPS) is 28.5. The molecule has 0 aliphatic carbocycles. The maximum absolute atomic E-state index is 11.5. The van der Waals surface area contributed by atoms with Crippen molar-refractivity contribution in [2.45, 2.75) is 38.8 Å². The Hall–Kier alpha value is -1.52. The van der Waals surface area contributed by atoms with E-state index in [9.17, 15) is 9.59 Å². The predicted molar refractivity (Wildman–Crippen MR) is 63.8 cm³/mol. The van der Waals surface area contributed by atoms with Crippen molar-refractivity contribution in [3.63, 3.8) is 0 Å². The predicted octanol–water partition coefficient (Wildman–Crippen LogP) is -0.0256. The Balaban J connectivity index is 2.23. The SMILES string of the molecule is CC(C)[C@@H]1NC(=O)C=C1N1CCC[C@H]1C(N)=O. The van der Waals surface area contributed by atoms with E-state index in [0.717, 1.165) is 25.1 Å². The van der Waals surface area contributed by atoms with Crippen molar-refractivity contribution in [2.24, 2.45) is 11.7 Å². The summed E-state index contributed by atoms with van der Waals surface area (Å²) in [6, 6.07) is -0.252. The van der Waals surface area contributed by atoms with E-state index >= 15 is 0 Å². The number of carbonyl (C=O) groups excluding carboxylic acids is 2. The van der Waals surface area contributed by atoms with Crippen molar-refractivity contribution in [3.05, 3.63) is 11.8 Å². The van der Waals surface area contributed by atoms with Crippen molar-refractivity contribution in [1.82, 2.24) is 10.2 Å². The van der Waals surface area contributed by atoms with Crippen molar-refractivity contribution in [3.8, 4) is 0 Å². The fourth-order valence-corrected chi connectivity index (χ4v) is 2.63. The van der Waals surface area contributed by atoms with Crippen molar-refractivity contribution in [2.75, 3.05) is 6.54 Å². The van der Waals surface area contributed by atoms with Crippen molar-refractivity contribution >= 4 is 11.8 Å². The van der Waals surface area contributed by atoms with Gasteiger partial charge in [-0.15, -0.1) is 0 Å². The molecule has 2 aliphatic rings. The summed E-state index contributed by atoms with van der Waals surface area (Å²) in [6.07, 6.45) is 3.33. The summed E-state index contributed by atoms with van der Waals surface area (Å²) in [6.45, 7) is 4.91. The zero-order valence-electron chi connectivity index (χ0n) is 10.3. The molecule has 2 rings (SSSR count). The smallest absolute Gasteiger partial charge is 0.246 e. The van der Waals surface area contributed by atoms with Gasteiger partial charge < -0.3 is 16.0 Å². The Morgan fingerprint density at radius 3 is 2.88 bits per heavy atom. The first kappa shape index (κ1) is 12.0. The molecule has 0 unspecified atom stereocenters. The summed E-state index contributed by atoms with van der Waals surface area (Å²) in [5.74, 6) is -0.0686. The Labute approximate surface area is 101 Å².